The lowest BCUT2D eigenvalue weighted by Crippen LogP contribution is -2.36. The predicted octanol–water partition coefficient (Wildman–Crippen LogP) is 4.27. The highest BCUT2D eigenvalue weighted by Crippen LogP contribution is 2.32. The van der Waals surface area contributed by atoms with Crippen molar-refractivity contribution in [2.24, 2.45) is 0 Å². The van der Waals surface area contributed by atoms with E-state index in [4.69, 9.17) is 9.47 Å². The first kappa shape index (κ1) is 19.1. The lowest BCUT2D eigenvalue weighted by atomic mass is 10.0. The normalized spacial score (nSPS) is 13.7. The third-order valence-corrected chi connectivity index (χ3v) is 6.80. The fourth-order valence-corrected chi connectivity index (χ4v) is 4.37. The molecule has 0 amide bonds. The van der Waals surface area contributed by atoms with E-state index < -0.39 is 14.6 Å². The molecule has 2 aromatic rings. The van der Waals surface area contributed by atoms with Gasteiger partial charge >= 0.3 is 0 Å². The van der Waals surface area contributed by atoms with Gasteiger partial charge in [0, 0.05) is 6.42 Å². The lowest BCUT2D eigenvalue weighted by molar-refractivity contribution is 0.289. The van der Waals surface area contributed by atoms with Crippen LogP contribution in [0.3, 0.4) is 0 Å². The zero-order valence-corrected chi connectivity index (χ0v) is 15.5. The average Bonchev–Trinajstić information content (AvgIpc) is 2.63. The summed E-state index contributed by atoms with van der Waals surface area (Å²) in [5.41, 5.74) is 0. The van der Waals surface area contributed by atoms with Crippen molar-refractivity contribution in [2.75, 3.05) is 13.7 Å². The number of hydrogen-bond donors (Lipinski definition) is 0. The third kappa shape index (κ3) is 4.42. The number of rotatable bonds is 9. The Balaban J connectivity index is 2.12. The van der Waals surface area contributed by atoms with Crippen LogP contribution >= 0.6 is 0 Å². The smallest absolute Gasteiger partial charge is 0.184 e. The van der Waals surface area contributed by atoms with Crippen molar-refractivity contribution in [1.29, 1.82) is 0 Å². The number of ether oxygens (including phenoxy) is 2. The molecule has 0 heterocycles. The average molecular weight is 360 g/mol. The fraction of sp³-hybridized carbons (Fsp3) is 0.300. The number of sulfone groups is 1. The highest BCUT2D eigenvalue weighted by Gasteiger charge is 2.39. The molecule has 0 aliphatic rings. The van der Waals surface area contributed by atoms with Crippen molar-refractivity contribution in [3.05, 3.63) is 67.3 Å². The van der Waals surface area contributed by atoms with Gasteiger partial charge in [0.05, 0.1) is 23.4 Å². The Labute approximate surface area is 150 Å². The Hall–Kier alpha value is -2.27. The quantitative estimate of drug-likeness (QED) is 0.627. The number of hydrogen-bond acceptors (Lipinski definition) is 4. The van der Waals surface area contributed by atoms with Crippen LogP contribution in [0.1, 0.15) is 19.8 Å². The van der Waals surface area contributed by atoms with Gasteiger partial charge in [-0.1, -0.05) is 24.3 Å². The molecule has 0 radical (unpaired) electrons. The molecule has 0 fully saturated rings. The Morgan fingerprint density at radius 3 is 2.20 bits per heavy atom. The minimum atomic E-state index is -3.50. The van der Waals surface area contributed by atoms with Crippen LogP contribution in [-0.4, -0.2) is 26.9 Å². The zero-order chi connectivity index (χ0) is 18.3. The standard InChI is InChI=1S/C20H24O4S/c1-4-14-20(2,25(21,22)19-8-6-5-7-9-19)15-16-24-18-12-10-17(23-3)11-13-18/h4-13H,1,14-16H2,2-3H3/t20-/m1/s1. The van der Waals surface area contributed by atoms with Crippen molar-refractivity contribution >= 4 is 9.84 Å². The fourth-order valence-electron chi connectivity index (χ4n) is 2.59. The molecule has 5 heteroatoms. The number of methoxy groups -OCH3 is 1. The van der Waals surface area contributed by atoms with E-state index in [1.54, 1.807) is 74.7 Å². The first-order chi connectivity index (χ1) is 11.9. The minimum Gasteiger partial charge on any atom is -0.497 e. The third-order valence-electron chi connectivity index (χ3n) is 4.24. The van der Waals surface area contributed by atoms with Crippen molar-refractivity contribution in [1.82, 2.24) is 0 Å². The molecule has 25 heavy (non-hydrogen) atoms. The van der Waals surface area contributed by atoms with Crippen molar-refractivity contribution in [3.8, 4) is 11.5 Å². The summed E-state index contributed by atoms with van der Waals surface area (Å²) >= 11 is 0. The summed E-state index contributed by atoms with van der Waals surface area (Å²) in [6.07, 6.45) is 2.37. The van der Waals surface area contributed by atoms with E-state index in [1.165, 1.54) is 0 Å². The lowest BCUT2D eigenvalue weighted by Gasteiger charge is -2.28. The maximum atomic E-state index is 13.1. The summed E-state index contributed by atoms with van der Waals surface area (Å²) in [6, 6.07) is 15.7. The summed E-state index contributed by atoms with van der Waals surface area (Å²) < 4.78 is 36.0. The van der Waals surface area contributed by atoms with Gasteiger partial charge in [-0.3, -0.25) is 0 Å². The molecule has 0 bridgehead atoms. The highest BCUT2D eigenvalue weighted by molar-refractivity contribution is 7.92. The maximum absolute atomic E-state index is 13.1. The molecule has 4 nitrogen and oxygen atoms in total. The van der Waals surface area contributed by atoms with E-state index in [1.807, 2.05) is 0 Å². The summed E-state index contributed by atoms with van der Waals surface area (Å²) in [5, 5.41) is 0. The molecule has 2 aromatic carbocycles. The first-order valence-corrected chi connectivity index (χ1v) is 9.59. The SMILES string of the molecule is C=CC[C@](C)(CCOc1ccc(OC)cc1)S(=O)(=O)c1ccccc1. The Morgan fingerprint density at radius 2 is 1.64 bits per heavy atom. The molecule has 0 saturated carbocycles. The van der Waals surface area contributed by atoms with Crippen LogP contribution in [0.15, 0.2) is 72.1 Å². The summed E-state index contributed by atoms with van der Waals surface area (Å²) in [5.74, 6) is 1.43. The van der Waals surface area contributed by atoms with Crippen molar-refractivity contribution in [2.45, 2.75) is 29.4 Å². The van der Waals surface area contributed by atoms with Crippen molar-refractivity contribution < 1.29 is 17.9 Å². The zero-order valence-electron chi connectivity index (χ0n) is 14.6. The Morgan fingerprint density at radius 1 is 1.04 bits per heavy atom. The summed E-state index contributed by atoms with van der Waals surface area (Å²) in [6.45, 7) is 5.76. The van der Waals surface area contributed by atoms with E-state index in [9.17, 15) is 8.42 Å². The van der Waals surface area contributed by atoms with Gasteiger partial charge in [0.15, 0.2) is 9.84 Å². The minimum absolute atomic E-state index is 0.294. The molecule has 0 spiro atoms. The molecular formula is C20H24O4S. The largest absolute Gasteiger partial charge is 0.497 e. The second-order valence-electron chi connectivity index (χ2n) is 6.03. The second-order valence-corrected chi connectivity index (χ2v) is 8.50. The van der Waals surface area contributed by atoms with Gasteiger partial charge in [-0.15, -0.1) is 6.58 Å². The van der Waals surface area contributed by atoms with Gasteiger partial charge < -0.3 is 9.47 Å². The van der Waals surface area contributed by atoms with Crippen LogP contribution in [0, 0.1) is 0 Å². The van der Waals surface area contributed by atoms with Crippen LogP contribution in [-0.2, 0) is 9.84 Å². The predicted molar refractivity (Wildman–Crippen MR) is 100.0 cm³/mol. The van der Waals surface area contributed by atoms with E-state index in [2.05, 4.69) is 6.58 Å². The van der Waals surface area contributed by atoms with Gasteiger partial charge in [0.25, 0.3) is 0 Å². The van der Waals surface area contributed by atoms with Gasteiger partial charge in [0.1, 0.15) is 11.5 Å². The van der Waals surface area contributed by atoms with E-state index >= 15 is 0 Å². The van der Waals surface area contributed by atoms with Gasteiger partial charge in [-0.2, -0.15) is 0 Å². The molecule has 0 aliphatic heterocycles. The van der Waals surface area contributed by atoms with Gasteiger partial charge in [0.2, 0.25) is 0 Å². The Bertz CT molecular complexity index is 782. The summed E-state index contributed by atoms with van der Waals surface area (Å²) in [7, 11) is -1.90. The molecule has 2 rings (SSSR count). The molecule has 0 unspecified atom stereocenters. The maximum Gasteiger partial charge on any atom is 0.184 e. The van der Waals surface area contributed by atoms with E-state index in [0.29, 0.717) is 30.1 Å². The van der Waals surface area contributed by atoms with Crippen LogP contribution < -0.4 is 9.47 Å². The van der Waals surface area contributed by atoms with E-state index in [0.717, 1.165) is 5.75 Å². The highest BCUT2D eigenvalue weighted by atomic mass is 32.2. The van der Waals surface area contributed by atoms with Crippen LogP contribution in [0.2, 0.25) is 0 Å². The number of benzene rings is 2. The van der Waals surface area contributed by atoms with Crippen LogP contribution in [0.4, 0.5) is 0 Å². The Kier molecular flexibility index (Phi) is 6.26. The monoisotopic (exact) mass is 360 g/mol. The number of allylic oxidation sites excluding steroid dienone is 1. The van der Waals surface area contributed by atoms with Gasteiger partial charge in [-0.05, 0) is 49.7 Å². The molecule has 134 valence electrons. The molecule has 0 N–H and O–H groups in total. The molecular weight excluding hydrogens is 336 g/mol. The molecule has 0 aromatic heterocycles. The topological polar surface area (TPSA) is 52.6 Å². The van der Waals surface area contributed by atoms with Crippen molar-refractivity contribution in [3.63, 3.8) is 0 Å². The van der Waals surface area contributed by atoms with Crippen LogP contribution in [0.25, 0.3) is 0 Å². The first-order valence-electron chi connectivity index (χ1n) is 8.10. The summed E-state index contributed by atoms with van der Waals surface area (Å²) in [4.78, 5) is 0.323. The molecule has 1 atom stereocenters. The van der Waals surface area contributed by atoms with E-state index in [-0.39, 0.29) is 0 Å². The van der Waals surface area contributed by atoms with Gasteiger partial charge in [-0.25, -0.2) is 8.42 Å². The molecule has 0 saturated heterocycles. The van der Waals surface area contributed by atoms with Crippen LogP contribution in [0.5, 0.6) is 11.5 Å². The molecule has 0 aliphatic carbocycles. The second kappa shape index (κ2) is 8.21.